The SMILES string of the molecule is CC1CC(C)CC(Oc2cccc(N)c2)C1. The molecule has 0 radical (unpaired) electrons. The fourth-order valence-electron chi connectivity index (χ4n) is 2.75. The van der Waals surface area contributed by atoms with Crippen molar-refractivity contribution in [1.29, 1.82) is 0 Å². The van der Waals surface area contributed by atoms with Crippen molar-refractivity contribution in [2.45, 2.75) is 39.2 Å². The number of hydrogen-bond acceptors (Lipinski definition) is 2. The molecule has 0 aromatic heterocycles. The third-order valence-electron chi connectivity index (χ3n) is 3.30. The third kappa shape index (κ3) is 2.91. The Labute approximate surface area is 97.8 Å². The van der Waals surface area contributed by atoms with Crippen LogP contribution in [0.5, 0.6) is 5.75 Å². The highest BCUT2D eigenvalue weighted by Crippen LogP contribution is 2.31. The number of anilines is 1. The van der Waals surface area contributed by atoms with E-state index in [4.69, 9.17) is 10.5 Å². The first-order valence-electron chi connectivity index (χ1n) is 6.15. The van der Waals surface area contributed by atoms with Gasteiger partial charge in [0, 0.05) is 11.8 Å². The number of hydrogen-bond donors (Lipinski definition) is 1. The van der Waals surface area contributed by atoms with Crippen LogP contribution in [0.2, 0.25) is 0 Å². The van der Waals surface area contributed by atoms with Crippen LogP contribution in [-0.2, 0) is 0 Å². The van der Waals surface area contributed by atoms with Gasteiger partial charge in [0.1, 0.15) is 5.75 Å². The van der Waals surface area contributed by atoms with Gasteiger partial charge >= 0.3 is 0 Å². The molecule has 0 spiro atoms. The molecule has 0 amide bonds. The Balaban J connectivity index is 1.98. The Morgan fingerprint density at radius 1 is 1.12 bits per heavy atom. The molecular weight excluding hydrogens is 198 g/mol. The van der Waals surface area contributed by atoms with Gasteiger partial charge in [0.05, 0.1) is 6.10 Å². The predicted molar refractivity (Wildman–Crippen MR) is 67.4 cm³/mol. The summed E-state index contributed by atoms with van der Waals surface area (Å²) in [6.07, 6.45) is 4.02. The summed E-state index contributed by atoms with van der Waals surface area (Å²) in [5.41, 5.74) is 6.51. The molecule has 2 N–H and O–H groups in total. The lowest BCUT2D eigenvalue weighted by molar-refractivity contribution is 0.101. The summed E-state index contributed by atoms with van der Waals surface area (Å²) in [5.74, 6) is 2.45. The third-order valence-corrected chi connectivity index (χ3v) is 3.30. The summed E-state index contributed by atoms with van der Waals surface area (Å²) in [7, 11) is 0. The van der Waals surface area contributed by atoms with Crippen molar-refractivity contribution in [3.8, 4) is 5.75 Å². The number of rotatable bonds is 2. The van der Waals surface area contributed by atoms with E-state index < -0.39 is 0 Å². The van der Waals surface area contributed by atoms with Crippen LogP contribution in [0.15, 0.2) is 24.3 Å². The van der Waals surface area contributed by atoms with Crippen molar-refractivity contribution >= 4 is 5.69 Å². The zero-order valence-corrected chi connectivity index (χ0v) is 10.1. The van der Waals surface area contributed by atoms with Gasteiger partial charge in [-0.1, -0.05) is 19.9 Å². The second-order valence-electron chi connectivity index (χ2n) is 5.23. The fourth-order valence-corrected chi connectivity index (χ4v) is 2.75. The molecule has 1 aromatic carbocycles. The summed E-state index contributed by atoms with van der Waals surface area (Å²) >= 11 is 0. The zero-order valence-electron chi connectivity index (χ0n) is 10.1. The highest BCUT2D eigenvalue weighted by atomic mass is 16.5. The molecular formula is C14H21NO. The van der Waals surface area contributed by atoms with E-state index >= 15 is 0 Å². The van der Waals surface area contributed by atoms with E-state index in [1.54, 1.807) is 0 Å². The van der Waals surface area contributed by atoms with Crippen molar-refractivity contribution in [1.82, 2.24) is 0 Å². The van der Waals surface area contributed by atoms with Crippen molar-refractivity contribution in [2.24, 2.45) is 11.8 Å². The second kappa shape index (κ2) is 4.77. The summed E-state index contributed by atoms with van der Waals surface area (Å²) in [5, 5.41) is 0. The number of nitrogens with two attached hydrogens (primary N) is 1. The van der Waals surface area contributed by atoms with Crippen molar-refractivity contribution in [3.05, 3.63) is 24.3 Å². The molecule has 1 fully saturated rings. The maximum absolute atomic E-state index is 6.00. The van der Waals surface area contributed by atoms with E-state index in [1.807, 2.05) is 24.3 Å². The van der Waals surface area contributed by atoms with Crippen molar-refractivity contribution in [3.63, 3.8) is 0 Å². The van der Waals surface area contributed by atoms with Gasteiger partial charge in [0.15, 0.2) is 0 Å². The molecule has 1 saturated carbocycles. The maximum atomic E-state index is 6.00. The molecule has 2 atom stereocenters. The van der Waals surface area contributed by atoms with Gasteiger partial charge in [-0.25, -0.2) is 0 Å². The molecule has 16 heavy (non-hydrogen) atoms. The molecule has 0 heterocycles. The molecule has 0 bridgehead atoms. The van der Waals surface area contributed by atoms with Crippen LogP contribution in [0.1, 0.15) is 33.1 Å². The predicted octanol–water partition coefficient (Wildman–Crippen LogP) is 3.47. The van der Waals surface area contributed by atoms with E-state index in [2.05, 4.69) is 13.8 Å². The molecule has 2 rings (SSSR count). The topological polar surface area (TPSA) is 35.2 Å². The summed E-state index contributed by atoms with van der Waals surface area (Å²) in [4.78, 5) is 0. The lowest BCUT2D eigenvalue weighted by atomic mass is 9.82. The smallest absolute Gasteiger partial charge is 0.121 e. The van der Waals surface area contributed by atoms with Crippen LogP contribution in [0, 0.1) is 11.8 Å². The molecule has 2 nitrogen and oxygen atoms in total. The largest absolute Gasteiger partial charge is 0.490 e. The molecule has 88 valence electrons. The Kier molecular flexibility index (Phi) is 3.37. The minimum Gasteiger partial charge on any atom is -0.490 e. The van der Waals surface area contributed by atoms with Crippen LogP contribution in [0.3, 0.4) is 0 Å². The normalized spacial score (nSPS) is 30.0. The highest BCUT2D eigenvalue weighted by Gasteiger charge is 2.25. The molecule has 2 heteroatoms. The fraction of sp³-hybridized carbons (Fsp3) is 0.571. The Hall–Kier alpha value is -1.18. The molecule has 0 saturated heterocycles. The summed E-state index contributed by atoms with van der Waals surface area (Å²) < 4.78 is 6.00. The van der Waals surface area contributed by atoms with Crippen molar-refractivity contribution in [2.75, 3.05) is 5.73 Å². The minimum absolute atomic E-state index is 0.362. The summed E-state index contributed by atoms with van der Waals surface area (Å²) in [6, 6.07) is 7.73. The van der Waals surface area contributed by atoms with E-state index in [0.717, 1.165) is 23.3 Å². The Bertz CT molecular complexity index is 340. The van der Waals surface area contributed by atoms with E-state index in [0.29, 0.717) is 6.10 Å². The molecule has 1 aromatic rings. The standard InChI is InChI=1S/C14H21NO/c1-10-6-11(2)8-14(7-10)16-13-5-3-4-12(15)9-13/h3-5,9-11,14H,6-8,15H2,1-2H3. The monoisotopic (exact) mass is 219 g/mol. The van der Waals surface area contributed by atoms with Crippen LogP contribution >= 0.6 is 0 Å². The van der Waals surface area contributed by atoms with Crippen molar-refractivity contribution < 1.29 is 4.74 Å². The van der Waals surface area contributed by atoms with E-state index in [-0.39, 0.29) is 0 Å². The van der Waals surface area contributed by atoms with Crippen LogP contribution in [0.4, 0.5) is 5.69 Å². The van der Waals surface area contributed by atoms with Crippen LogP contribution < -0.4 is 10.5 Å². The van der Waals surface area contributed by atoms with E-state index in [9.17, 15) is 0 Å². The average molecular weight is 219 g/mol. The molecule has 1 aliphatic carbocycles. The van der Waals surface area contributed by atoms with Gasteiger partial charge in [-0.15, -0.1) is 0 Å². The Morgan fingerprint density at radius 3 is 2.44 bits per heavy atom. The quantitative estimate of drug-likeness (QED) is 0.773. The van der Waals surface area contributed by atoms with Crippen LogP contribution in [0.25, 0.3) is 0 Å². The zero-order chi connectivity index (χ0) is 11.5. The van der Waals surface area contributed by atoms with Gasteiger partial charge < -0.3 is 10.5 Å². The minimum atomic E-state index is 0.362. The number of ether oxygens (including phenoxy) is 1. The van der Waals surface area contributed by atoms with Gasteiger partial charge in [-0.3, -0.25) is 0 Å². The van der Waals surface area contributed by atoms with Crippen LogP contribution in [-0.4, -0.2) is 6.10 Å². The first-order valence-corrected chi connectivity index (χ1v) is 6.15. The van der Waals surface area contributed by atoms with Gasteiger partial charge in [-0.2, -0.15) is 0 Å². The highest BCUT2D eigenvalue weighted by molar-refractivity contribution is 5.43. The number of benzene rings is 1. The molecule has 1 aliphatic rings. The summed E-state index contributed by atoms with van der Waals surface area (Å²) in [6.45, 7) is 4.62. The lowest BCUT2D eigenvalue weighted by Crippen LogP contribution is -2.28. The second-order valence-corrected chi connectivity index (χ2v) is 5.23. The maximum Gasteiger partial charge on any atom is 0.121 e. The van der Waals surface area contributed by atoms with Gasteiger partial charge in [0.25, 0.3) is 0 Å². The lowest BCUT2D eigenvalue weighted by Gasteiger charge is -2.31. The Morgan fingerprint density at radius 2 is 1.81 bits per heavy atom. The average Bonchev–Trinajstić information content (AvgIpc) is 2.15. The molecule has 0 aliphatic heterocycles. The van der Waals surface area contributed by atoms with Gasteiger partial charge in [0.2, 0.25) is 0 Å². The first-order chi connectivity index (χ1) is 7.63. The van der Waals surface area contributed by atoms with Gasteiger partial charge in [-0.05, 0) is 43.2 Å². The molecule has 2 unspecified atom stereocenters. The first kappa shape index (κ1) is 11.3. The van der Waals surface area contributed by atoms with E-state index in [1.165, 1.54) is 19.3 Å². The number of nitrogen functional groups attached to an aromatic ring is 1.